The average Bonchev–Trinajstić information content (AvgIpc) is 3.07. The number of rotatable bonds is 9. The van der Waals surface area contributed by atoms with Crippen molar-refractivity contribution in [1.29, 1.82) is 0 Å². The zero-order chi connectivity index (χ0) is 26.4. The van der Waals surface area contributed by atoms with Gasteiger partial charge in [-0.25, -0.2) is 4.79 Å². The van der Waals surface area contributed by atoms with Crippen molar-refractivity contribution in [3.8, 4) is 11.5 Å². The van der Waals surface area contributed by atoms with E-state index in [4.69, 9.17) is 25.8 Å². The molecule has 1 aliphatic heterocycles. The van der Waals surface area contributed by atoms with E-state index in [2.05, 4.69) is 21.2 Å². The monoisotopic (exact) mass is 596 g/mol. The Morgan fingerprint density at radius 2 is 1.92 bits per heavy atom. The highest BCUT2D eigenvalue weighted by molar-refractivity contribution is 9.10. The molecule has 0 aliphatic carbocycles. The maximum absolute atomic E-state index is 12.9. The second-order valence-corrected chi connectivity index (χ2v) is 9.45. The predicted molar refractivity (Wildman–Crippen MR) is 141 cm³/mol. The van der Waals surface area contributed by atoms with Gasteiger partial charge < -0.3 is 19.5 Å². The van der Waals surface area contributed by atoms with Crippen molar-refractivity contribution in [3.05, 3.63) is 55.9 Å². The number of hydrogen-bond donors (Lipinski definition) is 1. The van der Waals surface area contributed by atoms with Crippen LogP contribution in [0.4, 0.5) is 10.5 Å². The number of imide groups is 1. The molecular formula is C24H22BrClN2O7S. The van der Waals surface area contributed by atoms with Crippen LogP contribution in [0.1, 0.15) is 29.8 Å². The Labute approximate surface area is 225 Å². The number of halogens is 2. The number of carbonyl (C=O) groups excluding carboxylic acids is 4. The van der Waals surface area contributed by atoms with Crippen molar-refractivity contribution in [1.82, 2.24) is 4.90 Å². The third-order valence-corrected chi connectivity index (χ3v) is 6.58. The summed E-state index contributed by atoms with van der Waals surface area (Å²) < 4.78 is 16.5. The topological polar surface area (TPSA) is 111 Å². The fourth-order valence-corrected chi connectivity index (χ4v) is 4.89. The molecule has 190 valence electrons. The molecule has 2 aromatic carbocycles. The van der Waals surface area contributed by atoms with Gasteiger partial charge in [-0.1, -0.05) is 11.6 Å². The van der Waals surface area contributed by atoms with Gasteiger partial charge in [-0.3, -0.25) is 19.3 Å². The van der Waals surface area contributed by atoms with E-state index in [-0.39, 0.29) is 27.8 Å². The minimum atomic E-state index is -0.632. The molecule has 2 aromatic rings. The van der Waals surface area contributed by atoms with Gasteiger partial charge in [-0.05, 0) is 83.5 Å². The SMILES string of the molecule is CCOC(=O)c1cc(NC(=O)CN2C(=O)S/C(=C/c3cc(Br)c(OC)c(OCC)c3)C2=O)ccc1Cl. The number of hydrogen-bond acceptors (Lipinski definition) is 8. The second-order valence-electron chi connectivity index (χ2n) is 7.20. The number of nitrogens with zero attached hydrogens (tertiary/aromatic N) is 1. The smallest absolute Gasteiger partial charge is 0.339 e. The lowest BCUT2D eigenvalue weighted by molar-refractivity contribution is -0.127. The minimum absolute atomic E-state index is 0.0856. The molecule has 1 heterocycles. The second kappa shape index (κ2) is 12.3. The number of anilines is 1. The zero-order valence-corrected chi connectivity index (χ0v) is 22.7. The van der Waals surface area contributed by atoms with Crippen LogP contribution in [0.25, 0.3) is 6.08 Å². The summed E-state index contributed by atoms with van der Waals surface area (Å²) >= 11 is 10.2. The standard InChI is InChI=1S/C24H22BrClN2O7S/c1-4-34-18-9-13(8-16(25)21(18)33-3)10-19-22(30)28(24(32)36-19)12-20(29)27-14-6-7-17(26)15(11-14)23(31)35-5-2/h6-11H,4-5,12H2,1-3H3,(H,27,29)/b19-10+. The highest BCUT2D eigenvalue weighted by Gasteiger charge is 2.36. The average molecular weight is 598 g/mol. The first-order valence-electron chi connectivity index (χ1n) is 10.7. The minimum Gasteiger partial charge on any atom is -0.492 e. The van der Waals surface area contributed by atoms with E-state index in [0.717, 1.165) is 16.7 Å². The Hall–Kier alpha value is -3.02. The molecule has 0 spiro atoms. The Balaban J connectivity index is 1.74. The molecule has 9 nitrogen and oxygen atoms in total. The molecule has 1 saturated heterocycles. The summed E-state index contributed by atoms with van der Waals surface area (Å²) in [5, 5.41) is 2.15. The number of esters is 1. The van der Waals surface area contributed by atoms with Gasteiger partial charge in [0, 0.05) is 5.69 Å². The van der Waals surface area contributed by atoms with Crippen molar-refractivity contribution >= 4 is 74.1 Å². The molecule has 0 aromatic heterocycles. The first kappa shape index (κ1) is 27.6. The molecule has 3 amide bonds. The maximum atomic E-state index is 12.9. The Kier molecular flexibility index (Phi) is 9.41. The van der Waals surface area contributed by atoms with Gasteiger partial charge in [0.05, 0.1) is 40.3 Å². The number of methoxy groups -OCH3 is 1. The van der Waals surface area contributed by atoms with Crippen LogP contribution in [0, 0.1) is 0 Å². The van der Waals surface area contributed by atoms with Crippen LogP contribution in [0.3, 0.4) is 0 Å². The van der Waals surface area contributed by atoms with E-state index in [9.17, 15) is 19.2 Å². The van der Waals surface area contributed by atoms with Crippen LogP contribution < -0.4 is 14.8 Å². The summed E-state index contributed by atoms with van der Waals surface area (Å²) in [5.74, 6) is -0.876. The predicted octanol–water partition coefficient (Wildman–Crippen LogP) is 5.36. The molecule has 1 N–H and O–H groups in total. The van der Waals surface area contributed by atoms with Crippen LogP contribution in [0.15, 0.2) is 39.7 Å². The lowest BCUT2D eigenvalue weighted by Gasteiger charge is -2.13. The van der Waals surface area contributed by atoms with Crippen molar-refractivity contribution < 1.29 is 33.4 Å². The number of thioether (sulfide) groups is 1. The number of carbonyl (C=O) groups is 4. The van der Waals surface area contributed by atoms with Gasteiger partial charge in [0.2, 0.25) is 5.91 Å². The summed E-state index contributed by atoms with van der Waals surface area (Å²) in [4.78, 5) is 51.0. The summed E-state index contributed by atoms with van der Waals surface area (Å²) in [6.45, 7) is 3.56. The molecule has 0 atom stereocenters. The molecule has 12 heteroatoms. The van der Waals surface area contributed by atoms with Gasteiger partial charge in [0.25, 0.3) is 11.1 Å². The van der Waals surface area contributed by atoms with E-state index in [1.807, 2.05) is 6.92 Å². The van der Waals surface area contributed by atoms with Crippen molar-refractivity contribution in [2.24, 2.45) is 0 Å². The highest BCUT2D eigenvalue weighted by atomic mass is 79.9. The number of benzene rings is 2. The molecule has 0 saturated carbocycles. The third kappa shape index (κ3) is 6.40. The number of ether oxygens (including phenoxy) is 3. The molecule has 0 unspecified atom stereocenters. The Morgan fingerprint density at radius 3 is 2.58 bits per heavy atom. The molecule has 3 rings (SSSR count). The lowest BCUT2D eigenvalue weighted by Crippen LogP contribution is -2.36. The summed E-state index contributed by atoms with van der Waals surface area (Å²) in [6, 6.07) is 7.71. The van der Waals surface area contributed by atoms with Crippen LogP contribution >= 0.6 is 39.3 Å². The van der Waals surface area contributed by atoms with Gasteiger partial charge in [0.1, 0.15) is 6.54 Å². The quantitative estimate of drug-likeness (QED) is 0.304. The lowest BCUT2D eigenvalue weighted by atomic mass is 10.2. The summed E-state index contributed by atoms with van der Waals surface area (Å²) in [6.07, 6.45) is 1.54. The molecule has 0 bridgehead atoms. The molecule has 0 radical (unpaired) electrons. The van der Waals surface area contributed by atoms with Crippen LogP contribution in [0.5, 0.6) is 11.5 Å². The maximum Gasteiger partial charge on any atom is 0.339 e. The molecular weight excluding hydrogens is 576 g/mol. The van der Waals surface area contributed by atoms with Crippen LogP contribution in [-0.4, -0.2) is 54.8 Å². The number of amides is 3. The largest absolute Gasteiger partial charge is 0.492 e. The first-order valence-corrected chi connectivity index (χ1v) is 12.7. The molecule has 1 fully saturated rings. The Bertz CT molecular complexity index is 1250. The molecule has 1 aliphatic rings. The van der Waals surface area contributed by atoms with Crippen molar-refractivity contribution in [2.45, 2.75) is 13.8 Å². The van der Waals surface area contributed by atoms with E-state index in [1.54, 1.807) is 25.1 Å². The normalized spacial score (nSPS) is 14.2. The zero-order valence-electron chi connectivity index (χ0n) is 19.6. The Morgan fingerprint density at radius 1 is 1.17 bits per heavy atom. The first-order chi connectivity index (χ1) is 17.2. The van der Waals surface area contributed by atoms with Crippen molar-refractivity contribution in [2.75, 3.05) is 32.2 Å². The fraction of sp³-hybridized carbons (Fsp3) is 0.250. The van der Waals surface area contributed by atoms with Gasteiger partial charge in [0.15, 0.2) is 11.5 Å². The summed E-state index contributed by atoms with van der Waals surface area (Å²) in [5.41, 5.74) is 0.956. The van der Waals surface area contributed by atoms with E-state index >= 15 is 0 Å². The van der Waals surface area contributed by atoms with Gasteiger partial charge >= 0.3 is 5.97 Å². The highest BCUT2D eigenvalue weighted by Crippen LogP contribution is 2.39. The fourth-order valence-electron chi connectivity index (χ4n) is 3.23. The van der Waals surface area contributed by atoms with E-state index in [0.29, 0.717) is 28.1 Å². The van der Waals surface area contributed by atoms with E-state index < -0.39 is 29.6 Å². The van der Waals surface area contributed by atoms with E-state index in [1.165, 1.54) is 25.3 Å². The van der Waals surface area contributed by atoms with Crippen LogP contribution in [0.2, 0.25) is 5.02 Å². The van der Waals surface area contributed by atoms with Crippen molar-refractivity contribution in [3.63, 3.8) is 0 Å². The third-order valence-electron chi connectivity index (χ3n) is 4.75. The number of nitrogens with one attached hydrogen (secondary N) is 1. The van der Waals surface area contributed by atoms with Crippen LogP contribution in [-0.2, 0) is 14.3 Å². The van der Waals surface area contributed by atoms with Gasteiger partial charge in [-0.2, -0.15) is 0 Å². The molecule has 36 heavy (non-hydrogen) atoms. The van der Waals surface area contributed by atoms with Gasteiger partial charge in [-0.15, -0.1) is 0 Å². The summed E-state index contributed by atoms with van der Waals surface area (Å²) in [7, 11) is 1.51.